The normalized spacial score (nSPS) is 30.2. The quantitative estimate of drug-likeness (QED) is 0.793. The van der Waals surface area contributed by atoms with E-state index in [2.05, 4.69) is 29.2 Å². The summed E-state index contributed by atoms with van der Waals surface area (Å²) in [7, 11) is 0. The Morgan fingerprint density at radius 3 is 2.50 bits per heavy atom. The second-order valence-corrected chi connectivity index (χ2v) is 5.47. The van der Waals surface area contributed by atoms with Crippen molar-refractivity contribution < 1.29 is 4.74 Å². The molecule has 97 valence electrons. The van der Waals surface area contributed by atoms with Gasteiger partial charge in [-0.25, -0.2) is 0 Å². The molecule has 1 aromatic rings. The lowest BCUT2D eigenvalue weighted by Crippen LogP contribution is -2.44. The van der Waals surface area contributed by atoms with Crippen LogP contribution in [0.3, 0.4) is 0 Å². The molecule has 1 saturated carbocycles. The van der Waals surface area contributed by atoms with Gasteiger partial charge in [0.2, 0.25) is 0 Å². The number of benzene rings is 1. The molecule has 0 spiro atoms. The van der Waals surface area contributed by atoms with E-state index in [0.29, 0.717) is 0 Å². The average molecular weight is 244 g/mol. The van der Waals surface area contributed by atoms with Crippen LogP contribution in [0.2, 0.25) is 0 Å². The number of hydrogen-bond donors (Lipinski definition) is 0. The molecule has 18 heavy (non-hydrogen) atoms. The molecular formula is C16H22NO. The Morgan fingerprint density at radius 2 is 1.83 bits per heavy atom. The molecule has 1 aromatic carbocycles. The number of ether oxygens (including phenoxy) is 1. The van der Waals surface area contributed by atoms with Gasteiger partial charge in [0.05, 0.1) is 13.2 Å². The van der Waals surface area contributed by atoms with Gasteiger partial charge in [-0.2, -0.15) is 0 Å². The molecule has 0 N–H and O–H groups in total. The van der Waals surface area contributed by atoms with Gasteiger partial charge in [-0.05, 0) is 43.2 Å². The SMILES string of the molecule is [c]1ccccc1C1CCC(N2CCOCC2)CC1. The van der Waals surface area contributed by atoms with Crippen LogP contribution in [0, 0.1) is 6.07 Å². The molecule has 0 unspecified atom stereocenters. The monoisotopic (exact) mass is 244 g/mol. The van der Waals surface area contributed by atoms with Crippen LogP contribution in [0.5, 0.6) is 0 Å². The van der Waals surface area contributed by atoms with Gasteiger partial charge in [0.15, 0.2) is 0 Å². The molecule has 2 nitrogen and oxygen atoms in total. The third kappa shape index (κ3) is 2.76. The molecule has 1 aliphatic heterocycles. The van der Waals surface area contributed by atoms with Crippen molar-refractivity contribution in [2.45, 2.75) is 37.6 Å². The molecule has 1 radical (unpaired) electrons. The van der Waals surface area contributed by atoms with Gasteiger partial charge in [-0.1, -0.05) is 24.3 Å². The zero-order valence-electron chi connectivity index (χ0n) is 11.0. The van der Waals surface area contributed by atoms with Crippen LogP contribution in [-0.4, -0.2) is 37.2 Å². The summed E-state index contributed by atoms with van der Waals surface area (Å²) in [6.45, 7) is 4.11. The summed E-state index contributed by atoms with van der Waals surface area (Å²) >= 11 is 0. The Bertz CT molecular complexity index is 351. The highest BCUT2D eigenvalue weighted by atomic mass is 16.5. The van der Waals surface area contributed by atoms with Gasteiger partial charge >= 0.3 is 0 Å². The fraction of sp³-hybridized carbons (Fsp3) is 0.625. The van der Waals surface area contributed by atoms with E-state index in [4.69, 9.17) is 4.74 Å². The van der Waals surface area contributed by atoms with Crippen molar-refractivity contribution in [3.8, 4) is 0 Å². The van der Waals surface area contributed by atoms with E-state index in [-0.39, 0.29) is 0 Å². The summed E-state index contributed by atoms with van der Waals surface area (Å²) in [5.41, 5.74) is 1.41. The largest absolute Gasteiger partial charge is 0.379 e. The molecule has 2 fully saturated rings. The summed E-state index contributed by atoms with van der Waals surface area (Å²) in [5.74, 6) is 0.739. The minimum absolute atomic E-state index is 0.739. The molecule has 1 heterocycles. The van der Waals surface area contributed by atoms with Crippen molar-refractivity contribution >= 4 is 0 Å². The first-order valence-electron chi connectivity index (χ1n) is 7.22. The van der Waals surface area contributed by atoms with Crippen molar-refractivity contribution in [2.24, 2.45) is 0 Å². The fourth-order valence-corrected chi connectivity index (χ4v) is 3.36. The number of hydrogen-bond acceptors (Lipinski definition) is 2. The highest BCUT2D eigenvalue weighted by Gasteiger charge is 2.27. The maximum atomic E-state index is 5.43. The Balaban J connectivity index is 1.54. The zero-order chi connectivity index (χ0) is 12.2. The lowest BCUT2D eigenvalue weighted by Gasteiger charge is -2.38. The minimum atomic E-state index is 0.739. The molecule has 2 aliphatic rings. The summed E-state index contributed by atoms with van der Waals surface area (Å²) < 4.78 is 5.43. The molecule has 1 aliphatic carbocycles. The van der Waals surface area contributed by atoms with Crippen LogP contribution in [0.15, 0.2) is 24.3 Å². The van der Waals surface area contributed by atoms with E-state index >= 15 is 0 Å². The third-order valence-corrected chi connectivity index (χ3v) is 4.43. The molecule has 0 atom stereocenters. The maximum absolute atomic E-state index is 5.43. The van der Waals surface area contributed by atoms with Crippen LogP contribution >= 0.6 is 0 Å². The van der Waals surface area contributed by atoms with E-state index in [1.165, 1.54) is 31.2 Å². The standard InChI is InChI=1S/C16H22NO/c1-2-4-14(5-3-1)15-6-8-16(9-7-15)17-10-12-18-13-11-17/h1-4,15-16H,6-13H2. The fourth-order valence-electron chi connectivity index (χ4n) is 3.36. The van der Waals surface area contributed by atoms with E-state index in [9.17, 15) is 0 Å². The molecule has 2 heteroatoms. The molecule has 0 aromatic heterocycles. The number of morpholine rings is 1. The van der Waals surface area contributed by atoms with Crippen molar-refractivity contribution in [2.75, 3.05) is 26.3 Å². The zero-order valence-corrected chi connectivity index (χ0v) is 11.0. The van der Waals surface area contributed by atoms with Crippen LogP contribution in [0.1, 0.15) is 37.2 Å². The third-order valence-electron chi connectivity index (χ3n) is 4.43. The maximum Gasteiger partial charge on any atom is 0.0594 e. The first kappa shape index (κ1) is 12.2. The number of nitrogens with zero attached hydrogens (tertiary/aromatic N) is 1. The van der Waals surface area contributed by atoms with E-state index in [1.807, 2.05) is 6.07 Å². The summed E-state index contributed by atoms with van der Waals surface area (Å²) in [6.07, 6.45) is 5.33. The highest BCUT2D eigenvalue weighted by Crippen LogP contribution is 2.34. The number of rotatable bonds is 2. The lowest BCUT2D eigenvalue weighted by atomic mass is 9.81. The van der Waals surface area contributed by atoms with Crippen LogP contribution in [0.25, 0.3) is 0 Å². The van der Waals surface area contributed by atoms with Gasteiger partial charge in [-0.3, -0.25) is 4.90 Å². The van der Waals surface area contributed by atoms with E-state index in [1.54, 1.807) is 0 Å². The molecular weight excluding hydrogens is 222 g/mol. The minimum Gasteiger partial charge on any atom is -0.379 e. The Labute approximate surface area is 110 Å². The summed E-state index contributed by atoms with van der Waals surface area (Å²) in [5, 5.41) is 0. The van der Waals surface area contributed by atoms with E-state index in [0.717, 1.165) is 38.3 Å². The Morgan fingerprint density at radius 1 is 1.06 bits per heavy atom. The second-order valence-electron chi connectivity index (χ2n) is 5.47. The van der Waals surface area contributed by atoms with Gasteiger partial charge in [0.25, 0.3) is 0 Å². The topological polar surface area (TPSA) is 12.5 Å². The molecule has 1 saturated heterocycles. The van der Waals surface area contributed by atoms with Crippen molar-refractivity contribution in [3.63, 3.8) is 0 Å². The molecule has 0 amide bonds. The first-order chi connectivity index (χ1) is 8.93. The van der Waals surface area contributed by atoms with Crippen molar-refractivity contribution in [1.82, 2.24) is 4.90 Å². The van der Waals surface area contributed by atoms with Gasteiger partial charge in [-0.15, -0.1) is 0 Å². The lowest BCUT2D eigenvalue weighted by molar-refractivity contribution is 0.00729. The first-order valence-corrected chi connectivity index (χ1v) is 7.22. The van der Waals surface area contributed by atoms with Crippen molar-refractivity contribution in [1.29, 1.82) is 0 Å². The van der Waals surface area contributed by atoms with Crippen LogP contribution in [-0.2, 0) is 4.74 Å². The summed E-state index contributed by atoms with van der Waals surface area (Å²) in [4.78, 5) is 2.63. The van der Waals surface area contributed by atoms with Gasteiger partial charge in [0.1, 0.15) is 0 Å². The average Bonchev–Trinajstić information content (AvgIpc) is 2.49. The predicted molar refractivity (Wildman–Crippen MR) is 72.7 cm³/mol. The van der Waals surface area contributed by atoms with Crippen molar-refractivity contribution in [3.05, 3.63) is 35.9 Å². The molecule has 3 rings (SSSR count). The van der Waals surface area contributed by atoms with Crippen LogP contribution in [0.4, 0.5) is 0 Å². The summed E-state index contributed by atoms with van der Waals surface area (Å²) in [6, 6.07) is 12.7. The molecule has 0 bridgehead atoms. The Kier molecular flexibility index (Phi) is 3.96. The van der Waals surface area contributed by atoms with Gasteiger partial charge in [0, 0.05) is 19.1 Å². The predicted octanol–water partition coefficient (Wildman–Crippen LogP) is 2.85. The van der Waals surface area contributed by atoms with Crippen LogP contribution < -0.4 is 0 Å². The smallest absolute Gasteiger partial charge is 0.0594 e. The van der Waals surface area contributed by atoms with E-state index < -0.39 is 0 Å². The second kappa shape index (κ2) is 5.85. The van der Waals surface area contributed by atoms with Gasteiger partial charge < -0.3 is 4.74 Å². The highest BCUT2D eigenvalue weighted by molar-refractivity contribution is 5.18. The Hall–Kier alpha value is -0.860.